The Balaban J connectivity index is 2.41. The molecule has 2 aromatic rings. The molecule has 1 atom stereocenters. The van der Waals surface area contributed by atoms with Crippen LogP contribution in [-0.2, 0) is 7.05 Å². The van der Waals surface area contributed by atoms with Crippen molar-refractivity contribution in [3.63, 3.8) is 0 Å². The average molecular weight is 246 g/mol. The van der Waals surface area contributed by atoms with Crippen molar-refractivity contribution in [3.8, 4) is 5.88 Å². The van der Waals surface area contributed by atoms with Gasteiger partial charge in [-0.3, -0.25) is 4.68 Å². The van der Waals surface area contributed by atoms with Crippen molar-refractivity contribution in [1.29, 1.82) is 0 Å². The predicted octanol–water partition coefficient (Wildman–Crippen LogP) is 1.52. The van der Waals surface area contributed by atoms with Gasteiger partial charge in [0.05, 0.1) is 19.3 Å². The Bertz CT molecular complexity index is 509. The molecule has 5 nitrogen and oxygen atoms in total. The summed E-state index contributed by atoms with van der Waals surface area (Å²) in [6, 6.07) is 3.98. The smallest absolute Gasteiger partial charge is 0.218 e. The summed E-state index contributed by atoms with van der Waals surface area (Å²) in [6.07, 6.45) is 5.59. The molecule has 0 saturated heterocycles. The van der Waals surface area contributed by atoms with Crippen molar-refractivity contribution < 1.29 is 4.74 Å². The highest BCUT2D eigenvalue weighted by Crippen LogP contribution is 2.27. The van der Waals surface area contributed by atoms with E-state index in [1.165, 1.54) is 0 Å². The lowest BCUT2D eigenvalue weighted by molar-refractivity contribution is 0.387. The number of methoxy groups -OCH3 is 1. The summed E-state index contributed by atoms with van der Waals surface area (Å²) < 4.78 is 7.12. The van der Waals surface area contributed by atoms with Gasteiger partial charge in [-0.2, -0.15) is 5.10 Å². The molecule has 5 heteroatoms. The highest BCUT2D eigenvalue weighted by Gasteiger charge is 2.19. The van der Waals surface area contributed by atoms with Crippen LogP contribution in [0.2, 0.25) is 0 Å². The second kappa shape index (κ2) is 5.64. The van der Waals surface area contributed by atoms with E-state index in [1.54, 1.807) is 18.0 Å². The van der Waals surface area contributed by atoms with Crippen molar-refractivity contribution in [1.82, 2.24) is 20.1 Å². The predicted molar refractivity (Wildman–Crippen MR) is 69.5 cm³/mol. The molecular weight excluding hydrogens is 228 g/mol. The maximum absolute atomic E-state index is 5.32. The molecular formula is C13H18N4O. The molecule has 0 aliphatic carbocycles. The van der Waals surface area contributed by atoms with Gasteiger partial charge in [-0.05, 0) is 12.6 Å². The van der Waals surface area contributed by atoms with E-state index in [0.29, 0.717) is 5.88 Å². The Morgan fingerprint density at radius 1 is 1.50 bits per heavy atom. The molecule has 0 aliphatic heterocycles. The van der Waals surface area contributed by atoms with Crippen molar-refractivity contribution in [2.45, 2.75) is 13.0 Å². The first-order valence-corrected chi connectivity index (χ1v) is 5.97. The monoisotopic (exact) mass is 246 g/mol. The van der Waals surface area contributed by atoms with E-state index < -0.39 is 0 Å². The van der Waals surface area contributed by atoms with Crippen molar-refractivity contribution >= 4 is 0 Å². The zero-order valence-corrected chi connectivity index (χ0v) is 10.9. The van der Waals surface area contributed by atoms with E-state index in [-0.39, 0.29) is 6.04 Å². The molecule has 0 aromatic carbocycles. The molecule has 96 valence electrons. The van der Waals surface area contributed by atoms with Crippen LogP contribution in [-0.4, -0.2) is 28.4 Å². The van der Waals surface area contributed by atoms with E-state index in [9.17, 15) is 0 Å². The van der Waals surface area contributed by atoms with Crippen molar-refractivity contribution in [3.05, 3.63) is 41.9 Å². The van der Waals surface area contributed by atoms with Crippen LogP contribution in [0.3, 0.4) is 0 Å². The lowest BCUT2D eigenvalue weighted by Crippen LogP contribution is -2.22. The quantitative estimate of drug-likeness (QED) is 0.869. The number of rotatable bonds is 5. The van der Waals surface area contributed by atoms with Crippen LogP contribution in [0.5, 0.6) is 5.88 Å². The third-order valence-electron chi connectivity index (χ3n) is 2.77. The van der Waals surface area contributed by atoms with Gasteiger partial charge in [-0.1, -0.05) is 13.0 Å². The minimum atomic E-state index is 0.0485. The average Bonchev–Trinajstić information content (AvgIpc) is 2.82. The van der Waals surface area contributed by atoms with Crippen LogP contribution in [0.4, 0.5) is 0 Å². The summed E-state index contributed by atoms with van der Waals surface area (Å²) in [4.78, 5) is 4.24. The van der Waals surface area contributed by atoms with Crippen LogP contribution < -0.4 is 10.1 Å². The summed E-state index contributed by atoms with van der Waals surface area (Å²) in [7, 11) is 3.55. The first kappa shape index (κ1) is 12.6. The first-order chi connectivity index (χ1) is 8.76. The van der Waals surface area contributed by atoms with E-state index in [4.69, 9.17) is 4.74 Å². The van der Waals surface area contributed by atoms with Gasteiger partial charge in [0.1, 0.15) is 0 Å². The Hall–Kier alpha value is -1.88. The number of ether oxygens (including phenoxy) is 1. The Labute approximate surface area is 107 Å². The highest BCUT2D eigenvalue weighted by molar-refractivity contribution is 5.35. The molecule has 18 heavy (non-hydrogen) atoms. The third-order valence-corrected chi connectivity index (χ3v) is 2.77. The molecule has 0 amide bonds. The van der Waals surface area contributed by atoms with E-state index in [2.05, 4.69) is 22.3 Å². The summed E-state index contributed by atoms with van der Waals surface area (Å²) in [5, 5.41) is 7.65. The van der Waals surface area contributed by atoms with E-state index >= 15 is 0 Å². The van der Waals surface area contributed by atoms with Crippen LogP contribution in [0.15, 0.2) is 30.7 Å². The van der Waals surface area contributed by atoms with Crippen LogP contribution in [0.25, 0.3) is 0 Å². The van der Waals surface area contributed by atoms with Gasteiger partial charge in [0.15, 0.2) is 0 Å². The molecule has 0 radical (unpaired) electrons. The van der Waals surface area contributed by atoms with Crippen LogP contribution in [0, 0.1) is 0 Å². The maximum Gasteiger partial charge on any atom is 0.218 e. The number of aromatic nitrogens is 3. The molecule has 1 unspecified atom stereocenters. The molecule has 0 bridgehead atoms. The largest absolute Gasteiger partial charge is 0.481 e. The van der Waals surface area contributed by atoms with E-state index in [0.717, 1.165) is 17.7 Å². The first-order valence-electron chi connectivity index (χ1n) is 5.97. The van der Waals surface area contributed by atoms with Gasteiger partial charge < -0.3 is 10.1 Å². The van der Waals surface area contributed by atoms with E-state index in [1.807, 2.05) is 31.6 Å². The standard InChI is InChI=1S/C13H18N4O/c1-4-14-12(10-8-16-17(2)9-10)11-6-5-7-15-13(11)18-3/h5-9,12,14H,4H2,1-3H3. The van der Waals surface area contributed by atoms with Crippen LogP contribution in [0.1, 0.15) is 24.1 Å². The normalized spacial score (nSPS) is 12.4. The van der Waals surface area contributed by atoms with Gasteiger partial charge in [-0.15, -0.1) is 0 Å². The fraction of sp³-hybridized carbons (Fsp3) is 0.385. The second-order valence-corrected chi connectivity index (χ2v) is 4.04. The number of hydrogen-bond acceptors (Lipinski definition) is 4. The molecule has 0 aliphatic rings. The zero-order chi connectivity index (χ0) is 13.0. The Morgan fingerprint density at radius 3 is 2.94 bits per heavy atom. The molecule has 2 rings (SSSR count). The molecule has 0 fully saturated rings. The summed E-state index contributed by atoms with van der Waals surface area (Å²) in [5.74, 6) is 0.646. The van der Waals surface area contributed by atoms with Crippen LogP contribution >= 0.6 is 0 Å². The summed E-state index contributed by atoms with van der Waals surface area (Å²) in [6.45, 7) is 2.93. The highest BCUT2D eigenvalue weighted by atomic mass is 16.5. The Kier molecular flexibility index (Phi) is 3.94. The van der Waals surface area contributed by atoms with Crippen molar-refractivity contribution in [2.24, 2.45) is 7.05 Å². The maximum atomic E-state index is 5.32. The number of nitrogens with zero attached hydrogens (tertiary/aromatic N) is 3. The molecule has 0 saturated carbocycles. The minimum Gasteiger partial charge on any atom is -0.481 e. The fourth-order valence-electron chi connectivity index (χ4n) is 1.99. The van der Waals surface area contributed by atoms with Crippen molar-refractivity contribution in [2.75, 3.05) is 13.7 Å². The molecule has 0 spiro atoms. The van der Waals surface area contributed by atoms with Gasteiger partial charge >= 0.3 is 0 Å². The second-order valence-electron chi connectivity index (χ2n) is 4.04. The zero-order valence-electron chi connectivity index (χ0n) is 10.9. The van der Waals surface area contributed by atoms with Gasteiger partial charge in [-0.25, -0.2) is 4.98 Å². The minimum absolute atomic E-state index is 0.0485. The lowest BCUT2D eigenvalue weighted by Gasteiger charge is -2.18. The summed E-state index contributed by atoms with van der Waals surface area (Å²) in [5.41, 5.74) is 2.13. The molecule has 2 aromatic heterocycles. The lowest BCUT2D eigenvalue weighted by atomic mass is 10.0. The number of pyridine rings is 1. The van der Waals surface area contributed by atoms with Gasteiger partial charge in [0.25, 0.3) is 0 Å². The number of aryl methyl sites for hydroxylation is 1. The summed E-state index contributed by atoms with van der Waals surface area (Å²) >= 11 is 0. The molecule has 2 heterocycles. The van der Waals surface area contributed by atoms with Gasteiger partial charge in [0, 0.05) is 30.6 Å². The SMILES string of the molecule is CCNC(c1cnn(C)c1)c1cccnc1OC. The van der Waals surface area contributed by atoms with Gasteiger partial charge in [0.2, 0.25) is 5.88 Å². The number of hydrogen-bond donors (Lipinski definition) is 1. The topological polar surface area (TPSA) is 52.0 Å². The fourth-order valence-corrected chi connectivity index (χ4v) is 1.99. The Morgan fingerprint density at radius 2 is 2.33 bits per heavy atom. The number of nitrogens with one attached hydrogen (secondary N) is 1. The third kappa shape index (κ3) is 2.51. The molecule has 1 N–H and O–H groups in total.